The first-order valence-corrected chi connectivity index (χ1v) is 10.6. The molecule has 30 heavy (non-hydrogen) atoms. The molecule has 0 bridgehead atoms. The van der Waals surface area contributed by atoms with Gasteiger partial charge in [0.15, 0.2) is 0 Å². The lowest BCUT2D eigenvalue weighted by Gasteiger charge is -2.30. The summed E-state index contributed by atoms with van der Waals surface area (Å²) in [6.07, 6.45) is 2.83. The van der Waals surface area contributed by atoms with Crippen molar-refractivity contribution in [3.8, 4) is 0 Å². The van der Waals surface area contributed by atoms with Gasteiger partial charge >= 0.3 is 0 Å². The van der Waals surface area contributed by atoms with Crippen LogP contribution in [0, 0.1) is 5.92 Å². The normalized spacial score (nSPS) is 17.8. The fraction of sp³-hybridized carbons (Fsp3) is 0.500. The fourth-order valence-corrected chi connectivity index (χ4v) is 3.86. The Labute approximate surface area is 179 Å². The van der Waals surface area contributed by atoms with Crippen LogP contribution in [0.2, 0.25) is 0 Å². The molecule has 1 aromatic carbocycles. The number of rotatable bonds is 10. The van der Waals surface area contributed by atoms with Crippen LogP contribution in [0.3, 0.4) is 0 Å². The van der Waals surface area contributed by atoms with Gasteiger partial charge in [-0.3, -0.25) is 9.59 Å². The Hall–Kier alpha value is -2.60. The summed E-state index contributed by atoms with van der Waals surface area (Å²) in [6.45, 7) is 5.51. The van der Waals surface area contributed by atoms with Crippen LogP contribution in [-0.2, 0) is 27.9 Å². The average molecular weight is 412 g/mol. The van der Waals surface area contributed by atoms with Crippen LogP contribution in [0.15, 0.2) is 48.7 Å². The Morgan fingerprint density at radius 3 is 2.50 bits per heavy atom. The van der Waals surface area contributed by atoms with E-state index < -0.39 is 0 Å². The van der Waals surface area contributed by atoms with Crippen molar-refractivity contribution in [2.75, 3.05) is 26.8 Å². The second-order valence-electron chi connectivity index (χ2n) is 8.34. The van der Waals surface area contributed by atoms with Gasteiger partial charge < -0.3 is 19.1 Å². The molecule has 0 spiro atoms. The lowest BCUT2D eigenvalue weighted by Crippen LogP contribution is -2.47. The molecule has 0 saturated heterocycles. The maximum atomic E-state index is 13.2. The highest BCUT2D eigenvalue weighted by molar-refractivity contribution is 5.88. The highest BCUT2D eigenvalue weighted by atomic mass is 16.5. The number of aromatic nitrogens is 1. The molecule has 1 heterocycles. The molecule has 0 N–H and O–H groups in total. The number of carbonyl (C=O) groups is 2. The Kier molecular flexibility index (Phi) is 7.32. The van der Waals surface area contributed by atoms with Crippen molar-refractivity contribution in [2.24, 2.45) is 13.0 Å². The molecule has 3 rings (SSSR count). The summed E-state index contributed by atoms with van der Waals surface area (Å²) in [5, 5.41) is 0. The fourth-order valence-electron chi connectivity index (χ4n) is 3.86. The van der Waals surface area contributed by atoms with E-state index in [0.717, 1.165) is 12.1 Å². The standard InChI is InChI=1S/C24H33N3O3/c1-18(2)27(24(29)22-15-21(22)19-9-6-5-7-10-19)17-23(28)26(13-14-30-4)16-20-11-8-12-25(20)3/h5-12,18,21-22H,13-17H2,1-4H3/t21-,22+/m0/s1. The van der Waals surface area contributed by atoms with Gasteiger partial charge in [0.1, 0.15) is 0 Å². The summed E-state index contributed by atoms with van der Waals surface area (Å²) in [5.74, 6) is 0.274. The molecule has 2 amide bonds. The minimum absolute atomic E-state index is 0.0251. The third kappa shape index (κ3) is 5.30. The van der Waals surface area contributed by atoms with E-state index in [2.05, 4.69) is 12.1 Å². The first-order chi connectivity index (χ1) is 14.4. The summed E-state index contributed by atoms with van der Waals surface area (Å²) in [4.78, 5) is 29.9. The van der Waals surface area contributed by atoms with Crippen molar-refractivity contribution in [3.05, 3.63) is 59.9 Å². The third-order valence-corrected chi connectivity index (χ3v) is 5.87. The third-order valence-electron chi connectivity index (χ3n) is 5.87. The lowest BCUT2D eigenvalue weighted by molar-refractivity contribution is -0.143. The van der Waals surface area contributed by atoms with Crippen LogP contribution in [0.5, 0.6) is 0 Å². The van der Waals surface area contributed by atoms with E-state index in [9.17, 15) is 9.59 Å². The molecule has 6 nitrogen and oxygen atoms in total. The monoisotopic (exact) mass is 411 g/mol. The highest BCUT2D eigenvalue weighted by Crippen LogP contribution is 2.48. The second kappa shape index (κ2) is 9.94. The molecule has 1 saturated carbocycles. The van der Waals surface area contributed by atoms with Gasteiger partial charge in [-0.15, -0.1) is 0 Å². The van der Waals surface area contributed by atoms with Crippen molar-refractivity contribution in [1.82, 2.24) is 14.4 Å². The summed E-state index contributed by atoms with van der Waals surface area (Å²) >= 11 is 0. The molecule has 1 fully saturated rings. The molecule has 162 valence electrons. The Bertz CT molecular complexity index is 846. The molecule has 0 unspecified atom stereocenters. The van der Waals surface area contributed by atoms with E-state index in [0.29, 0.717) is 19.7 Å². The summed E-state index contributed by atoms with van der Waals surface area (Å²) in [5.41, 5.74) is 2.25. The molecule has 1 aliphatic carbocycles. The van der Waals surface area contributed by atoms with Crippen molar-refractivity contribution in [2.45, 2.75) is 38.8 Å². The van der Waals surface area contributed by atoms with Crippen LogP contribution < -0.4 is 0 Å². The van der Waals surface area contributed by atoms with Crippen LogP contribution in [0.4, 0.5) is 0 Å². The number of nitrogens with zero attached hydrogens (tertiary/aromatic N) is 3. The number of ether oxygens (including phenoxy) is 1. The first-order valence-electron chi connectivity index (χ1n) is 10.6. The van der Waals surface area contributed by atoms with E-state index in [-0.39, 0.29) is 36.2 Å². The summed E-state index contributed by atoms with van der Waals surface area (Å²) in [6, 6.07) is 14.1. The van der Waals surface area contributed by atoms with Gasteiger partial charge in [0.25, 0.3) is 0 Å². The number of carbonyl (C=O) groups excluding carboxylic acids is 2. The van der Waals surface area contributed by atoms with Gasteiger partial charge in [-0.1, -0.05) is 30.3 Å². The van der Waals surface area contributed by atoms with Gasteiger partial charge in [0, 0.05) is 44.6 Å². The van der Waals surface area contributed by atoms with E-state index in [1.165, 1.54) is 5.56 Å². The maximum Gasteiger partial charge on any atom is 0.242 e. The molecule has 2 atom stereocenters. The van der Waals surface area contributed by atoms with Crippen LogP contribution in [0.25, 0.3) is 0 Å². The van der Waals surface area contributed by atoms with Gasteiger partial charge in [0.2, 0.25) is 11.8 Å². The number of benzene rings is 1. The van der Waals surface area contributed by atoms with Crippen molar-refractivity contribution < 1.29 is 14.3 Å². The molecule has 0 aliphatic heterocycles. The highest BCUT2D eigenvalue weighted by Gasteiger charge is 2.46. The maximum absolute atomic E-state index is 13.2. The molecule has 1 aromatic heterocycles. The Balaban J connectivity index is 1.67. The van der Waals surface area contributed by atoms with Crippen molar-refractivity contribution in [3.63, 3.8) is 0 Å². The van der Waals surface area contributed by atoms with E-state index in [4.69, 9.17) is 4.74 Å². The SMILES string of the molecule is COCCN(Cc1cccn1C)C(=O)CN(C(=O)[C@@H]1C[C@H]1c1ccccc1)C(C)C. The average Bonchev–Trinajstić information content (AvgIpc) is 3.45. The van der Waals surface area contributed by atoms with Crippen LogP contribution in [-0.4, -0.2) is 59.0 Å². The van der Waals surface area contributed by atoms with Crippen LogP contribution >= 0.6 is 0 Å². The zero-order valence-corrected chi connectivity index (χ0v) is 18.5. The quantitative estimate of drug-likeness (QED) is 0.604. The minimum Gasteiger partial charge on any atom is -0.383 e. The number of aryl methyl sites for hydroxylation is 1. The topological polar surface area (TPSA) is 54.8 Å². The van der Waals surface area contributed by atoms with Gasteiger partial charge in [-0.2, -0.15) is 0 Å². The number of hydrogen-bond donors (Lipinski definition) is 0. The zero-order valence-electron chi connectivity index (χ0n) is 18.5. The summed E-state index contributed by atoms with van der Waals surface area (Å²) < 4.78 is 7.21. The molecular weight excluding hydrogens is 378 g/mol. The van der Waals surface area contributed by atoms with Crippen molar-refractivity contribution >= 4 is 11.8 Å². The van der Waals surface area contributed by atoms with Gasteiger partial charge in [0.05, 0.1) is 19.7 Å². The van der Waals surface area contributed by atoms with Gasteiger partial charge in [-0.25, -0.2) is 0 Å². The molecule has 6 heteroatoms. The van der Waals surface area contributed by atoms with E-state index >= 15 is 0 Å². The zero-order chi connectivity index (χ0) is 21.7. The molecular formula is C24H33N3O3. The summed E-state index contributed by atoms with van der Waals surface area (Å²) in [7, 11) is 3.60. The lowest BCUT2D eigenvalue weighted by atomic mass is 10.1. The molecule has 0 radical (unpaired) electrons. The predicted octanol–water partition coefficient (Wildman–Crippen LogP) is 3.04. The number of hydrogen-bond acceptors (Lipinski definition) is 3. The van der Waals surface area contributed by atoms with Gasteiger partial charge in [-0.05, 0) is 43.9 Å². The molecule has 1 aliphatic rings. The minimum atomic E-state index is -0.0489. The number of methoxy groups -OCH3 is 1. The van der Waals surface area contributed by atoms with Crippen molar-refractivity contribution in [1.29, 1.82) is 0 Å². The van der Waals surface area contributed by atoms with E-state index in [1.807, 2.05) is 62.0 Å². The Morgan fingerprint density at radius 1 is 1.17 bits per heavy atom. The largest absolute Gasteiger partial charge is 0.383 e. The second-order valence-corrected chi connectivity index (χ2v) is 8.34. The van der Waals surface area contributed by atoms with E-state index in [1.54, 1.807) is 16.9 Å². The number of amides is 2. The first kappa shape index (κ1) is 22.1. The predicted molar refractivity (Wildman–Crippen MR) is 117 cm³/mol. The van der Waals surface area contributed by atoms with Crippen LogP contribution in [0.1, 0.15) is 37.4 Å². The Morgan fingerprint density at radius 2 is 1.90 bits per heavy atom. The smallest absolute Gasteiger partial charge is 0.242 e. The molecule has 2 aromatic rings.